The third-order valence-corrected chi connectivity index (χ3v) is 4.93. The number of hydrogen-bond acceptors (Lipinski definition) is 3. The predicted octanol–water partition coefficient (Wildman–Crippen LogP) is 3.11. The molecule has 1 fully saturated rings. The topological polar surface area (TPSA) is 55.1 Å². The lowest BCUT2D eigenvalue weighted by Gasteiger charge is -2.29. The van der Waals surface area contributed by atoms with E-state index in [4.69, 9.17) is 4.52 Å². The molecule has 0 aromatic carbocycles. The lowest BCUT2D eigenvalue weighted by Crippen LogP contribution is -2.41. The quantitative estimate of drug-likeness (QED) is 0.903. The number of carbonyl (C=O) groups is 1. The van der Waals surface area contributed by atoms with Gasteiger partial charge in [0.2, 0.25) is 0 Å². The Morgan fingerprint density at radius 1 is 1.25 bits per heavy atom. The zero-order valence-electron chi connectivity index (χ0n) is 12.4. The molecule has 0 unspecified atom stereocenters. The minimum absolute atomic E-state index is 0.0390. The van der Waals surface area contributed by atoms with Gasteiger partial charge in [0, 0.05) is 18.0 Å². The van der Waals surface area contributed by atoms with E-state index in [-0.39, 0.29) is 5.91 Å². The molecule has 1 N–H and O–H groups in total. The number of aromatic nitrogens is 1. The highest BCUT2D eigenvalue weighted by molar-refractivity contribution is 5.94. The Kier molecular flexibility index (Phi) is 3.81. The highest BCUT2D eigenvalue weighted by atomic mass is 16.5. The van der Waals surface area contributed by atoms with Gasteiger partial charge in [-0.2, -0.15) is 0 Å². The maximum absolute atomic E-state index is 12.5. The van der Waals surface area contributed by atoms with Crippen LogP contribution in [0.3, 0.4) is 0 Å². The first-order valence-corrected chi connectivity index (χ1v) is 7.93. The third kappa shape index (κ3) is 2.60. The molecule has 1 heterocycles. The molecule has 4 heteroatoms. The normalized spacial score (nSPS) is 29.8. The van der Waals surface area contributed by atoms with E-state index in [1.807, 2.05) is 0 Å². The van der Waals surface area contributed by atoms with Crippen molar-refractivity contribution in [2.45, 2.75) is 64.8 Å². The van der Waals surface area contributed by atoms with Crippen molar-refractivity contribution in [2.24, 2.45) is 11.8 Å². The van der Waals surface area contributed by atoms with Crippen molar-refractivity contribution in [3.05, 3.63) is 17.0 Å². The lowest BCUT2D eigenvalue weighted by molar-refractivity contribution is 0.0900. The van der Waals surface area contributed by atoms with Gasteiger partial charge < -0.3 is 9.84 Å². The van der Waals surface area contributed by atoms with Gasteiger partial charge in [-0.25, -0.2) is 0 Å². The molecule has 0 radical (unpaired) electrons. The summed E-state index contributed by atoms with van der Waals surface area (Å²) in [5, 5.41) is 7.21. The average Bonchev–Trinajstić information content (AvgIpc) is 2.84. The Hall–Kier alpha value is -1.32. The van der Waals surface area contributed by atoms with E-state index < -0.39 is 0 Å². The monoisotopic (exact) mass is 276 g/mol. The Morgan fingerprint density at radius 3 is 2.85 bits per heavy atom. The lowest BCUT2D eigenvalue weighted by atomic mass is 9.85. The summed E-state index contributed by atoms with van der Waals surface area (Å²) in [7, 11) is 0. The van der Waals surface area contributed by atoms with Gasteiger partial charge in [-0.1, -0.05) is 31.8 Å². The number of nitrogens with one attached hydrogen (secondary N) is 1. The van der Waals surface area contributed by atoms with Gasteiger partial charge in [0.15, 0.2) is 5.69 Å². The molecule has 110 valence electrons. The van der Waals surface area contributed by atoms with Gasteiger partial charge in [-0.3, -0.25) is 4.79 Å². The molecule has 0 saturated heterocycles. The minimum Gasteiger partial charge on any atom is -0.360 e. The number of carbonyl (C=O) groups excluding carboxylic acids is 1. The Labute approximate surface area is 120 Å². The SMILES string of the molecule is C[C@@H]1CCc2onc(C(=O)N[C@H]3CCCC[C@H]3C)c2C1. The van der Waals surface area contributed by atoms with Crippen LogP contribution in [0.25, 0.3) is 0 Å². The molecule has 0 aliphatic heterocycles. The van der Waals surface area contributed by atoms with Crippen LogP contribution in [0.2, 0.25) is 0 Å². The van der Waals surface area contributed by atoms with E-state index in [1.54, 1.807) is 0 Å². The Balaban J connectivity index is 1.73. The fourth-order valence-electron chi connectivity index (χ4n) is 3.52. The molecule has 3 rings (SSSR count). The number of aryl methyl sites for hydroxylation is 1. The molecule has 2 aliphatic carbocycles. The molecule has 1 amide bonds. The van der Waals surface area contributed by atoms with Crippen LogP contribution in [0.15, 0.2) is 4.52 Å². The van der Waals surface area contributed by atoms with Gasteiger partial charge in [0.1, 0.15) is 5.76 Å². The van der Waals surface area contributed by atoms with Gasteiger partial charge in [0.25, 0.3) is 5.91 Å². The summed E-state index contributed by atoms with van der Waals surface area (Å²) in [4.78, 5) is 12.5. The predicted molar refractivity (Wildman–Crippen MR) is 76.6 cm³/mol. The first-order chi connectivity index (χ1) is 9.65. The molecule has 20 heavy (non-hydrogen) atoms. The van der Waals surface area contributed by atoms with Gasteiger partial charge >= 0.3 is 0 Å². The summed E-state index contributed by atoms with van der Waals surface area (Å²) in [6.45, 7) is 4.45. The van der Waals surface area contributed by atoms with E-state index in [0.717, 1.165) is 37.0 Å². The largest absolute Gasteiger partial charge is 0.360 e. The molecule has 1 aromatic rings. The summed E-state index contributed by atoms with van der Waals surface area (Å²) >= 11 is 0. The first-order valence-electron chi connectivity index (χ1n) is 7.93. The van der Waals surface area contributed by atoms with Crippen molar-refractivity contribution < 1.29 is 9.32 Å². The van der Waals surface area contributed by atoms with Crippen LogP contribution >= 0.6 is 0 Å². The number of rotatable bonds is 2. The van der Waals surface area contributed by atoms with Crippen LogP contribution in [-0.4, -0.2) is 17.1 Å². The molecule has 4 nitrogen and oxygen atoms in total. The fraction of sp³-hybridized carbons (Fsp3) is 0.750. The Bertz CT molecular complexity index is 495. The number of nitrogens with zero attached hydrogens (tertiary/aromatic N) is 1. The maximum atomic E-state index is 12.5. The zero-order valence-corrected chi connectivity index (χ0v) is 12.4. The second kappa shape index (κ2) is 5.58. The standard InChI is InChI=1S/C16H24N2O2/c1-10-7-8-14-12(9-10)15(18-20-14)16(19)17-13-6-4-3-5-11(13)2/h10-11,13H,3-9H2,1-2H3,(H,17,19)/t10-,11-,13+/m1/s1. The highest BCUT2D eigenvalue weighted by Crippen LogP contribution is 2.29. The van der Waals surface area contributed by atoms with Crippen LogP contribution in [0, 0.1) is 11.8 Å². The minimum atomic E-state index is -0.0390. The summed E-state index contributed by atoms with van der Waals surface area (Å²) in [6.07, 6.45) is 7.75. The van der Waals surface area contributed by atoms with E-state index >= 15 is 0 Å². The molecule has 1 saturated carbocycles. The van der Waals surface area contributed by atoms with Crippen LogP contribution < -0.4 is 5.32 Å². The average molecular weight is 276 g/mol. The molecule has 1 aromatic heterocycles. The van der Waals surface area contributed by atoms with Gasteiger partial charge in [0.05, 0.1) is 0 Å². The molecule has 0 spiro atoms. The van der Waals surface area contributed by atoms with E-state index in [9.17, 15) is 4.79 Å². The molecular weight excluding hydrogens is 252 g/mol. The second-order valence-electron chi connectivity index (χ2n) is 6.62. The summed E-state index contributed by atoms with van der Waals surface area (Å²) in [5.41, 5.74) is 1.58. The van der Waals surface area contributed by atoms with Gasteiger partial charge in [-0.15, -0.1) is 0 Å². The van der Waals surface area contributed by atoms with Crippen molar-refractivity contribution >= 4 is 5.91 Å². The molecule has 3 atom stereocenters. The molecule has 0 bridgehead atoms. The van der Waals surface area contributed by atoms with Crippen molar-refractivity contribution in [3.8, 4) is 0 Å². The molecule has 2 aliphatic rings. The van der Waals surface area contributed by atoms with Crippen LogP contribution in [0.5, 0.6) is 0 Å². The number of amides is 1. The van der Waals surface area contributed by atoms with Crippen LogP contribution in [0.1, 0.15) is 67.8 Å². The Morgan fingerprint density at radius 2 is 2.05 bits per heavy atom. The molecular formula is C16H24N2O2. The van der Waals surface area contributed by atoms with Crippen molar-refractivity contribution in [1.29, 1.82) is 0 Å². The summed E-state index contributed by atoms with van der Waals surface area (Å²) < 4.78 is 5.36. The van der Waals surface area contributed by atoms with Crippen molar-refractivity contribution in [3.63, 3.8) is 0 Å². The van der Waals surface area contributed by atoms with Gasteiger partial charge in [-0.05, 0) is 37.5 Å². The maximum Gasteiger partial charge on any atom is 0.273 e. The van der Waals surface area contributed by atoms with Crippen LogP contribution in [-0.2, 0) is 12.8 Å². The smallest absolute Gasteiger partial charge is 0.273 e. The van der Waals surface area contributed by atoms with E-state index in [0.29, 0.717) is 23.6 Å². The summed E-state index contributed by atoms with van der Waals surface area (Å²) in [6, 6.07) is 0.296. The number of fused-ring (bicyclic) bond motifs is 1. The zero-order chi connectivity index (χ0) is 14.1. The van der Waals surface area contributed by atoms with E-state index in [1.165, 1.54) is 19.3 Å². The number of hydrogen-bond donors (Lipinski definition) is 1. The summed E-state index contributed by atoms with van der Waals surface area (Å²) in [5.74, 6) is 2.06. The third-order valence-electron chi connectivity index (χ3n) is 4.93. The van der Waals surface area contributed by atoms with Crippen molar-refractivity contribution in [1.82, 2.24) is 10.5 Å². The highest BCUT2D eigenvalue weighted by Gasteiger charge is 2.29. The fourth-order valence-corrected chi connectivity index (χ4v) is 3.52. The van der Waals surface area contributed by atoms with Crippen LogP contribution in [0.4, 0.5) is 0 Å². The second-order valence-corrected chi connectivity index (χ2v) is 6.62. The van der Waals surface area contributed by atoms with E-state index in [2.05, 4.69) is 24.3 Å². The first kappa shape index (κ1) is 13.7. The van der Waals surface area contributed by atoms with Crippen molar-refractivity contribution in [2.75, 3.05) is 0 Å².